The second-order valence-corrected chi connectivity index (χ2v) is 5.01. The lowest BCUT2D eigenvalue weighted by atomic mass is 10.1. The number of carbonyl (C=O) groups excluding carboxylic acids is 1. The van der Waals surface area contributed by atoms with E-state index in [1.165, 1.54) is 13.2 Å². The number of hydrogen-bond donors (Lipinski definition) is 1. The summed E-state index contributed by atoms with van der Waals surface area (Å²) >= 11 is 0. The number of fused-ring (bicyclic) bond motifs is 1. The van der Waals surface area contributed by atoms with Gasteiger partial charge in [-0.2, -0.15) is 0 Å². The van der Waals surface area contributed by atoms with Gasteiger partial charge in [-0.25, -0.2) is 18.5 Å². The molecule has 0 aromatic heterocycles. The van der Waals surface area contributed by atoms with Gasteiger partial charge in [-0.3, -0.25) is 0 Å². The van der Waals surface area contributed by atoms with Crippen LogP contribution >= 0.6 is 0 Å². The Hall–Kier alpha value is -1.40. The Kier molecular flexibility index (Phi) is 2.24. The van der Waals surface area contributed by atoms with E-state index in [-0.39, 0.29) is 0 Å². The van der Waals surface area contributed by atoms with E-state index >= 15 is 0 Å². The average molecular weight is 226 g/mol. The van der Waals surface area contributed by atoms with Crippen LogP contribution in [0.2, 0.25) is 0 Å². The van der Waals surface area contributed by atoms with Gasteiger partial charge in [0.05, 0.1) is 24.1 Å². The van der Waals surface area contributed by atoms with Crippen molar-refractivity contribution in [3.8, 4) is 0 Å². The maximum atomic E-state index is 11.7. The molecule has 0 bridgehead atoms. The molecule has 1 aliphatic rings. The molecule has 0 saturated heterocycles. The van der Waals surface area contributed by atoms with Gasteiger partial charge < -0.3 is 4.74 Å². The predicted molar refractivity (Wildman–Crippen MR) is 54.5 cm³/mol. The molecular formula is C9H10N2O3S. The first-order valence-electron chi connectivity index (χ1n) is 4.26. The molecule has 5 nitrogen and oxygen atoms in total. The van der Waals surface area contributed by atoms with Crippen molar-refractivity contribution in [2.75, 3.05) is 7.11 Å². The van der Waals surface area contributed by atoms with Crippen LogP contribution in [0, 0.1) is 0 Å². The van der Waals surface area contributed by atoms with Crippen LogP contribution < -0.4 is 5.14 Å². The maximum Gasteiger partial charge on any atom is 0.337 e. The number of ether oxygens (including phenoxy) is 1. The van der Waals surface area contributed by atoms with Crippen molar-refractivity contribution >= 4 is 15.9 Å². The molecule has 1 unspecified atom stereocenters. The summed E-state index contributed by atoms with van der Waals surface area (Å²) in [5, 5.41) is 5.51. The van der Waals surface area contributed by atoms with Gasteiger partial charge in [-0.05, 0) is 17.7 Å². The molecule has 0 saturated carbocycles. The molecule has 80 valence electrons. The molecule has 0 aliphatic carbocycles. The third kappa shape index (κ3) is 1.62. The first kappa shape index (κ1) is 10.1. The van der Waals surface area contributed by atoms with Crippen LogP contribution in [0.4, 0.5) is 0 Å². The van der Waals surface area contributed by atoms with Gasteiger partial charge in [0, 0.05) is 0 Å². The Morgan fingerprint density at radius 2 is 2.33 bits per heavy atom. The van der Waals surface area contributed by atoms with Gasteiger partial charge in [-0.15, -0.1) is 0 Å². The van der Waals surface area contributed by atoms with Crippen molar-refractivity contribution in [2.45, 2.75) is 11.4 Å². The largest absolute Gasteiger partial charge is 0.465 e. The van der Waals surface area contributed by atoms with E-state index in [2.05, 4.69) is 9.10 Å². The molecule has 1 aliphatic heterocycles. The van der Waals surface area contributed by atoms with Crippen LogP contribution in [-0.2, 0) is 21.2 Å². The summed E-state index contributed by atoms with van der Waals surface area (Å²) in [4.78, 5) is 11.7. The van der Waals surface area contributed by atoms with Gasteiger partial charge >= 0.3 is 5.97 Å². The summed E-state index contributed by atoms with van der Waals surface area (Å²) in [6.07, 6.45) is 0. The molecule has 15 heavy (non-hydrogen) atoms. The fourth-order valence-electron chi connectivity index (χ4n) is 1.44. The molecule has 6 heteroatoms. The second-order valence-electron chi connectivity index (χ2n) is 3.17. The molecule has 2 N–H and O–H groups in total. The highest BCUT2D eigenvalue weighted by atomic mass is 32.2. The van der Waals surface area contributed by atoms with Crippen LogP contribution in [0.15, 0.2) is 27.5 Å². The van der Waals surface area contributed by atoms with Crippen LogP contribution in [-0.4, -0.2) is 17.3 Å². The van der Waals surface area contributed by atoms with Crippen molar-refractivity contribution in [3.05, 3.63) is 29.3 Å². The van der Waals surface area contributed by atoms with E-state index in [1.54, 1.807) is 12.1 Å². The SMILES string of the molecule is COC(=O)c1ccc2c(c1)S(N)(=O)=NC2. The van der Waals surface area contributed by atoms with E-state index in [1.807, 2.05) is 0 Å². The molecule has 0 amide bonds. The molecule has 0 radical (unpaired) electrons. The summed E-state index contributed by atoms with van der Waals surface area (Å²) in [7, 11) is -1.51. The molecule has 1 aromatic rings. The van der Waals surface area contributed by atoms with Crippen LogP contribution in [0.25, 0.3) is 0 Å². The third-order valence-corrected chi connectivity index (χ3v) is 3.75. The lowest BCUT2D eigenvalue weighted by molar-refractivity contribution is 0.0600. The number of methoxy groups -OCH3 is 1. The minimum absolute atomic E-state index is 0.339. The topological polar surface area (TPSA) is 81.8 Å². The number of nitrogens with zero attached hydrogens (tertiary/aromatic N) is 1. The second kappa shape index (κ2) is 3.32. The smallest absolute Gasteiger partial charge is 0.337 e. The number of carbonyl (C=O) groups is 1. The Labute approximate surface area is 87.5 Å². The minimum atomic E-state index is -2.80. The van der Waals surface area contributed by atoms with Crippen LogP contribution in [0.3, 0.4) is 0 Å². The van der Waals surface area contributed by atoms with Crippen molar-refractivity contribution < 1.29 is 13.7 Å². The van der Waals surface area contributed by atoms with E-state index in [0.29, 0.717) is 17.0 Å². The highest BCUT2D eigenvalue weighted by Gasteiger charge is 2.20. The summed E-state index contributed by atoms with van der Waals surface area (Å²) in [6.45, 7) is 0.339. The predicted octanol–water partition coefficient (Wildman–Crippen LogP) is 0.687. The van der Waals surface area contributed by atoms with Gasteiger partial charge in [0.1, 0.15) is 9.92 Å². The standard InChI is InChI=1S/C9H10N2O3S/c1-14-9(12)6-2-3-7-5-11-15(10,13)8(7)4-6/h2-4H,5H2,1H3,(H2,10,11,13). The lowest BCUT2D eigenvalue weighted by Gasteiger charge is -2.03. The normalized spacial score (nSPS) is 23.1. The summed E-state index contributed by atoms with van der Waals surface area (Å²) in [6, 6.07) is 4.80. The first-order valence-corrected chi connectivity index (χ1v) is 5.84. The van der Waals surface area contributed by atoms with E-state index < -0.39 is 15.9 Å². The van der Waals surface area contributed by atoms with Gasteiger partial charge in [-0.1, -0.05) is 6.07 Å². The van der Waals surface area contributed by atoms with Crippen molar-refractivity contribution in [2.24, 2.45) is 9.50 Å². The van der Waals surface area contributed by atoms with Crippen molar-refractivity contribution in [1.82, 2.24) is 0 Å². The molecule has 0 fully saturated rings. The Balaban J connectivity index is 2.56. The zero-order valence-electron chi connectivity index (χ0n) is 8.10. The number of hydrogen-bond acceptors (Lipinski definition) is 4. The number of esters is 1. The van der Waals surface area contributed by atoms with E-state index in [4.69, 9.17) is 5.14 Å². The third-order valence-electron chi connectivity index (χ3n) is 2.23. The zero-order chi connectivity index (χ0) is 11.1. The average Bonchev–Trinajstić information content (AvgIpc) is 2.53. The molecule has 1 aromatic carbocycles. The molecule has 0 spiro atoms. The van der Waals surface area contributed by atoms with Crippen LogP contribution in [0.1, 0.15) is 15.9 Å². The van der Waals surface area contributed by atoms with Gasteiger partial charge in [0.25, 0.3) is 0 Å². The molecule has 1 heterocycles. The monoisotopic (exact) mass is 226 g/mol. The molecule has 1 atom stereocenters. The van der Waals surface area contributed by atoms with Gasteiger partial charge in [0.2, 0.25) is 0 Å². The summed E-state index contributed by atoms with van der Waals surface area (Å²) in [5.74, 6) is -0.472. The Morgan fingerprint density at radius 1 is 1.60 bits per heavy atom. The first-order chi connectivity index (χ1) is 7.04. The van der Waals surface area contributed by atoms with Gasteiger partial charge in [0.15, 0.2) is 0 Å². The lowest BCUT2D eigenvalue weighted by Crippen LogP contribution is -2.11. The molecule has 2 rings (SSSR count). The van der Waals surface area contributed by atoms with Crippen molar-refractivity contribution in [3.63, 3.8) is 0 Å². The summed E-state index contributed by atoms with van der Waals surface area (Å²) < 4.78 is 20.1. The molecular weight excluding hydrogens is 216 g/mol. The van der Waals surface area contributed by atoms with Crippen LogP contribution in [0.5, 0.6) is 0 Å². The fraction of sp³-hybridized carbons (Fsp3) is 0.222. The quantitative estimate of drug-likeness (QED) is 0.715. The Morgan fingerprint density at radius 3 is 3.00 bits per heavy atom. The van der Waals surface area contributed by atoms with Crippen molar-refractivity contribution in [1.29, 1.82) is 0 Å². The summed E-state index contributed by atoms with van der Waals surface area (Å²) in [5.41, 5.74) is 1.14. The minimum Gasteiger partial charge on any atom is -0.465 e. The van der Waals surface area contributed by atoms with E-state index in [9.17, 15) is 9.00 Å². The fourth-order valence-corrected chi connectivity index (χ4v) is 2.71. The zero-order valence-corrected chi connectivity index (χ0v) is 8.91. The highest BCUT2D eigenvalue weighted by Crippen LogP contribution is 2.25. The number of rotatable bonds is 1. The number of benzene rings is 1. The van der Waals surface area contributed by atoms with E-state index in [0.717, 1.165) is 5.56 Å². The Bertz CT molecular complexity index is 544. The number of nitrogens with two attached hydrogens (primary N) is 1. The highest BCUT2D eigenvalue weighted by molar-refractivity contribution is 7.91. The maximum absolute atomic E-state index is 11.7.